The highest BCUT2D eigenvalue weighted by atomic mass is 32.1. The van der Waals surface area contributed by atoms with E-state index in [4.69, 9.17) is 19.8 Å². The molecule has 2 atom stereocenters. The molecule has 36 heavy (non-hydrogen) atoms. The lowest BCUT2D eigenvalue weighted by Gasteiger charge is -2.19. The van der Waals surface area contributed by atoms with Crippen molar-refractivity contribution in [3.8, 4) is 0 Å². The zero-order chi connectivity index (χ0) is 26.5. The van der Waals surface area contributed by atoms with E-state index in [0.717, 1.165) is 38.8 Å². The summed E-state index contributed by atoms with van der Waals surface area (Å²) in [5.41, 5.74) is 7.53. The van der Waals surface area contributed by atoms with E-state index in [0.29, 0.717) is 0 Å². The highest BCUT2D eigenvalue weighted by Gasteiger charge is 2.19. The van der Waals surface area contributed by atoms with E-state index in [9.17, 15) is 0 Å². The van der Waals surface area contributed by atoms with Crippen molar-refractivity contribution in [1.82, 2.24) is 17.5 Å². The molecule has 0 saturated carbocycles. The molecule has 2 aromatic rings. The fraction of sp³-hybridized carbons (Fsp3) is 0.583. The van der Waals surface area contributed by atoms with Crippen LogP contribution in [0.4, 0.5) is 0 Å². The lowest BCUT2D eigenvalue weighted by atomic mass is 10.0. The molecular weight excluding hydrogens is 500 g/mol. The number of quaternary nitrogens is 2. The van der Waals surface area contributed by atoms with Crippen molar-refractivity contribution in [2.45, 2.75) is 52.4 Å². The lowest BCUT2D eigenvalue weighted by molar-refractivity contribution is -0.872. The van der Waals surface area contributed by atoms with Crippen molar-refractivity contribution in [2.24, 2.45) is 0 Å². The molecule has 2 unspecified atom stereocenters. The maximum Gasteiger partial charge on any atom is 0.109 e. The van der Waals surface area contributed by atoms with E-state index < -0.39 is 11.9 Å². The maximum absolute atomic E-state index is 8.93. The van der Waals surface area contributed by atoms with Crippen LogP contribution in [0.2, 0.25) is 0 Å². The number of nitrogens with one attached hydrogen (secondary N) is 2. The van der Waals surface area contributed by atoms with Gasteiger partial charge in [0.25, 0.3) is 0 Å². The Morgan fingerprint density at radius 1 is 0.778 bits per heavy atom. The van der Waals surface area contributed by atoms with E-state index in [1.807, 2.05) is 0 Å². The zero-order valence-corrected chi connectivity index (χ0v) is 23.1. The van der Waals surface area contributed by atoms with Crippen LogP contribution in [0.5, 0.6) is 0 Å². The molecule has 0 radical (unpaired) electrons. The van der Waals surface area contributed by atoms with Crippen LogP contribution >= 0.6 is 23.5 Å². The Kier molecular flexibility index (Phi) is 12.8. The van der Waals surface area contributed by atoms with E-state index in [1.165, 1.54) is 83.3 Å². The van der Waals surface area contributed by atoms with Crippen LogP contribution in [-0.2, 0) is 22.4 Å². The lowest BCUT2D eigenvalue weighted by Crippen LogP contribution is -3.09. The third-order valence-corrected chi connectivity index (χ3v) is 6.90. The second-order valence-corrected chi connectivity index (χ2v) is 10.1. The Bertz CT molecular complexity index is 967. The average Bonchev–Trinajstić information content (AvgIpc) is 3.50. The highest BCUT2D eigenvalue weighted by Crippen LogP contribution is 2.20. The standard InChI is InChI=1S/2C11H17N3S.C2H2O4/c2*1-3-5-10-11(13-15-12-10)9-6-4-7-14(2)8-9;3-1(4)2(5)6/h2*6H,3-5,7-8H2,1-2H3;(H,3,4)(H,5,6). The van der Waals surface area contributed by atoms with Gasteiger partial charge in [0.05, 0.1) is 74.0 Å². The van der Waals surface area contributed by atoms with Crippen LogP contribution in [0.3, 0.4) is 0 Å². The van der Waals surface area contributed by atoms with Gasteiger partial charge in [-0.15, -0.1) is 0 Å². The number of hydrogen-bond donors (Lipinski definition) is 2. The molecular formula is C24H36N6O4S2. The number of hydrogen-bond acceptors (Lipinski definition) is 10. The number of likely N-dealkylation sites (N-methyl/N-ethyl adjacent to an activating group) is 2. The SMILES string of the molecule is CCCc1nsnc1C1=CCC[NH+](C)C1.CCCc1nsnc1C1=CCC[NH+](C)C1.O=C([O-])C(=O)[O-]. The topological polar surface area (TPSA) is 141 Å². The number of rotatable bonds is 6. The summed E-state index contributed by atoms with van der Waals surface area (Å²) in [6.45, 7) is 9.06. The predicted octanol–water partition coefficient (Wildman–Crippen LogP) is -1.93. The molecule has 0 aliphatic carbocycles. The number of carboxylic acids is 2. The van der Waals surface area contributed by atoms with Crippen molar-refractivity contribution >= 4 is 46.5 Å². The molecule has 2 aliphatic rings. The van der Waals surface area contributed by atoms with Gasteiger partial charge in [-0.25, -0.2) is 0 Å². The normalized spacial score (nSPS) is 19.1. The third-order valence-electron chi connectivity index (χ3n) is 5.77. The van der Waals surface area contributed by atoms with Crippen LogP contribution in [0, 0.1) is 0 Å². The summed E-state index contributed by atoms with van der Waals surface area (Å²) in [5, 5.41) is 17.9. The van der Waals surface area contributed by atoms with E-state index >= 15 is 0 Å². The minimum atomic E-state index is -2.19. The summed E-state index contributed by atoms with van der Waals surface area (Å²) >= 11 is 2.70. The second kappa shape index (κ2) is 15.5. The quantitative estimate of drug-likeness (QED) is 0.407. The monoisotopic (exact) mass is 536 g/mol. The summed E-state index contributed by atoms with van der Waals surface area (Å²) < 4.78 is 17.7. The molecule has 2 N–H and O–H groups in total. The first-order valence-corrected chi connectivity index (χ1v) is 13.8. The molecule has 4 heterocycles. The predicted molar refractivity (Wildman–Crippen MR) is 136 cm³/mol. The number of aryl methyl sites for hydroxylation is 2. The molecule has 0 spiro atoms. The summed E-state index contributed by atoms with van der Waals surface area (Å²) in [6, 6.07) is 0. The van der Waals surface area contributed by atoms with Crippen LogP contribution in [0.25, 0.3) is 11.1 Å². The van der Waals surface area contributed by atoms with Gasteiger partial charge in [0.2, 0.25) is 0 Å². The minimum absolute atomic E-state index is 1.06. The fourth-order valence-electron chi connectivity index (χ4n) is 4.02. The minimum Gasteiger partial charge on any atom is -0.543 e. The first kappa shape index (κ1) is 29.7. The average molecular weight is 537 g/mol. The molecule has 198 valence electrons. The highest BCUT2D eigenvalue weighted by molar-refractivity contribution is 6.99. The number of nitrogens with zero attached hydrogens (tertiary/aromatic N) is 4. The van der Waals surface area contributed by atoms with Crippen molar-refractivity contribution < 1.29 is 29.6 Å². The number of aromatic nitrogens is 4. The zero-order valence-electron chi connectivity index (χ0n) is 21.5. The molecule has 0 saturated heterocycles. The van der Waals surface area contributed by atoms with E-state index in [2.05, 4.69) is 57.6 Å². The maximum atomic E-state index is 8.93. The van der Waals surface area contributed by atoms with Gasteiger partial charge in [-0.1, -0.05) is 38.8 Å². The first-order valence-electron chi connectivity index (χ1n) is 12.3. The Morgan fingerprint density at radius 2 is 1.17 bits per heavy atom. The largest absolute Gasteiger partial charge is 0.543 e. The van der Waals surface area contributed by atoms with Crippen LogP contribution in [-0.4, -0.2) is 69.7 Å². The molecule has 0 bridgehead atoms. The molecule has 10 nitrogen and oxygen atoms in total. The van der Waals surface area contributed by atoms with Gasteiger partial charge in [0.1, 0.15) is 24.5 Å². The molecule has 0 amide bonds. The summed E-state index contributed by atoms with van der Waals surface area (Å²) in [7, 11) is 4.48. The van der Waals surface area contributed by atoms with Gasteiger partial charge >= 0.3 is 0 Å². The number of aliphatic carboxylic acids is 2. The van der Waals surface area contributed by atoms with Gasteiger partial charge < -0.3 is 29.6 Å². The first-order chi connectivity index (χ1) is 17.3. The van der Waals surface area contributed by atoms with Gasteiger partial charge in [-0.3, -0.25) is 0 Å². The summed E-state index contributed by atoms with van der Waals surface area (Å²) in [4.78, 5) is 21.0. The molecule has 0 aromatic carbocycles. The fourth-order valence-corrected chi connectivity index (χ4v) is 5.26. The molecule has 12 heteroatoms. The van der Waals surface area contributed by atoms with Gasteiger partial charge in [0.15, 0.2) is 0 Å². The van der Waals surface area contributed by atoms with Crippen molar-refractivity contribution in [3.63, 3.8) is 0 Å². The van der Waals surface area contributed by atoms with Gasteiger partial charge in [-0.2, -0.15) is 17.5 Å². The van der Waals surface area contributed by atoms with Crippen LogP contribution in [0.15, 0.2) is 12.2 Å². The Hall–Kier alpha value is -2.54. The number of carbonyl (C=O) groups is 2. The Morgan fingerprint density at radius 3 is 1.47 bits per heavy atom. The third kappa shape index (κ3) is 9.49. The summed E-state index contributed by atoms with van der Waals surface area (Å²) in [5.74, 6) is -4.37. The van der Waals surface area contributed by atoms with E-state index in [1.54, 1.807) is 9.80 Å². The van der Waals surface area contributed by atoms with Gasteiger partial charge in [0, 0.05) is 24.0 Å². The van der Waals surface area contributed by atoms with Crippen molar-refractivity contribution in [2.75, 3.05) is 40.3 Å². The number of carboxylic acid groups (broad SMARTS) is 2. The Labute approximate surface area is 221 Å². The van der Waals surface area contributed by atoms with Gasteiger partial charge in [-0.05, 0) is 12.8 Å². The molecule has 4 rings (SSSR count). The second-order valence-electron chi connectivity index (χ2n) is 9.00. The summed E-state index contributed by atoms with van der Waals surface area (Å²) in [6.07, 6.45) is 11.4. The molecule has 2 aromatic heterocycles. The number of carbonyl (C=O) groups excluding carboxylic acids is 2. The Balaban J connectivity index is 0.000000208. The van der Waals surface area contributed by atoms with E-state index in [-0.39, 0.29) is 0 Å². The smallest absolute Gasteiger partial charge is 0.109 e. The van der Waals surface area contributed by atoms with Crippen LogP contribution < -0.4 is 20.0 Å². The molecule has 0 fully saturated rings. The van der Waals surface area contributed by atoms with Crippen molar-refractivity contribution in [3.05, 3.63) is 34.9 Å². The van der Waals surface area contributed by atoms with Crippen LogP contribution in [0.1, 0.15) is 62.3 Å². The van der Waals surface area contributed by atoms with Crippen molar-refractivity contribution in [1.29, 1.82) is 0 Å². The molecule has 2 aliphatic heterocycles.